The van der Waals surface area contributed by atoms with Gasteiger partial charge in [-0.2, -0.15) is 0 Å². The highest BCUT2D eigenvalue weighted by molar-refractivity contribution is 5.21. The maximum absolute atomic E-state index is 5.64. The topological polar surface area (TPSA) is 34.1 Å². The summed E-state index contributed by atoms with van der Waals surface area (Å²) in [5.41, 5.74) is 1.05. The van der Waals surface area contributed by atoms with Gasteiger partial charge in [-0.15, -0.1) is 0 Å². The Morgan fingerprint density at radius 1 is 1.29 bits per heavy atom. The van der Waals surface area contributed by atoms with Gasteiger partial charge in [0.2, 0.25) is 0 Å². The Bertz CT molecular complexity index is 298. The molecule has 17 heavy (non-hydrogen) atoms. The molecule has 0 amide bonds. The molecule has 1 aromatic rings. The highest BCUT2D eigenvalue weighted by Gasteiger charge is 2.03. The average Bonchev–Trinajstić information content (AvgIpc) is 2.38. The molecule has 1 N–H and O–H groups in total. The van der Waals surface area contributed by atoms with Crippen molar-refractivity contribution in [3.8, 4) is 5.75 Å². The molecule has 3 nitrogen and oxygen atoms in total. The van der Waals surface area contributed by atoms with E-state index in [1.165, 1.54) is 19.3 Å². The highest BCUT2D eigenvalue weighted by Crippen LogP contribution is 2.14. The third kappa shape index (κ3) is 5.18. The molecule has 96 valence electrons. The van der Waals surface area contributed by atoms with Crippen molar-refractivity contribution >= 4 is 0 Å². The Balaban J connectivity index is 2.30. The number of rotatable bonds is 8. The van der Waals surface area contributed by atoms with Crippen molar-refractivity contribution in [3.05, 3.63) is 24.0 Å². The van der Waals surface area contributed by atoms with E-state index in [4.69, 9.17) is 4.74 Å². The molecule has 0 aliphatic carbocycles. The predicted octanol–water partition coefficient (Wildman–Crippen LogP) is 3.32. The third-order valence-electron chi connectivity index (χ3n) is 2.90. The normalized spacial score (nSPS) is 12.4. The van der Waals surface area contributed by atoms with Crippen LogP contribution in [-0.2, 0) is 0 Å². The molecule has 1 aromatic heterocycles. The summed E-state index contributed by atoms with van der Waals surface area (Å²) in [6.07, 6.45) is 6.74. The first-order valence-corrected chi connectivity index (χ1v) is 6.54. The van der Waals surface area contributed by atoms with Gasteiger partial charge in [-0.05, 0) is 32.5 Å². The third-order valence-corrected chi connectivity index (χ3v) is 2.90. The number of aromatic nitrogens is 1. The Kier molecular flexibility index (Phi) is 6.63. The summed E-state index contributed by atoms with van der Waals surface area (Å²) in [6.45, 7) is 5.10. The van der Waals surface area contributed by atoms with Crippen LogP contribution in [-0.4, -0.2) is 18.6 Å². The van der Waals surface area contributed by atoms with Gasteiger partial charge in [0.15, 0.2) is 0 Å². The van der Waals surface area contributed by atoms with Crippen LogP contribution in [0.2, 0.25) is 0 Å². The molecule has 0 saturated carbocycles. The van der Waals surface area contributed by atoms with Crippen molar-refractivity contribution in [2.24, 2.45) is 0 Å². The molecule has 1 atom stereocenters. The van der Waals surface area contributed by atoms with Gasteiger partial charge in [-0.1, -0.05) is 26.2 Å². The molecule has 0 radical (unpaired) electrons. The minimum atomic E-state index is 0.286. The van der Waals surface area contributed by atoms with E-state index >= 15 is 0 Å². The van der Waals surface area contributed by atoms with Crippen LogP contribution >= 0.6 is 0 Å². The molecule has 0 aliphatic rings. The van der Waals surface area contributed by atoms with E-state index in [1.54, 1.807) is 0 Å². The fraction of sp³-hybridized carbons (Fsp3) is 0.643. The van der Waals surface area contributed by atoms with Crippen LogP contribution in [0.3, 0.4) is 0 Å². The van der Waals surface area contributed by atoms with E-state index in [1.807, 2.05) is 25.4 Å². The van der Waals surface area contributed by atoms with Crippen LogP contribution in [0, 0.1) is 0 Å². The number of unbranched alkanes of at least 4 members (excludes halogenated alkanes) is 3. The maximum Gasteiger partial charge on any atom is 0.137 e. The fourth-order valence-electron chi connectivity index (χ4n) is 1.60. The molecular formula is C14H24N2O. The SMILES string of the molecule is CCCCCCOc1ccc(C(C)NC)nc1. The molecule has 0 aliphatic heterocycles. The average molecular weight is 236 g/mol. The lowest BCUT2D eigenvalue weighted by Crippen LogP contribution is -2.13. The predicted molar refractivity (Wildman–Crippen MR) is 71.3 cm³/mol. The van der Waals surface area contributed by atoms with E-state index in [9.17, 15) is 0 Å². The molecule has 1 heterocycles. The van der Waals surface area contributed by atoms with E-state index in [-0.39, 0.29) is 6.04 Å². The summed E-state index contributed by atoms with van der Waals surface area (Å²) in [5.74, 6) is 0.869. The Morgan fingerprint density at radius 3 is 2.71 bits per heavy atom. The van der Waals surface area contributed by atoms with Crippen molar-refractivity contribution in [1.29, 1.82) is 0 Å². The van der Waals surface area contributed by atoms with Crippen molar-refractivity contribution < 1.29 is 4.74 Å². The smallest absolute Gasteiger partial charge is 0.137 e. The molecule has 1 rings (SSSR count). The van der Waals surface area contributed by atoms with Crippen LogP contribution in [0.5, 0.6) is 5.75 Å². The standard InChI is InChI=1S/C14H24N2O/c1-4-5-6-7-10-17-13-8-9-14(16-11-13)12(2)15-3/h8-9,11-12,15H,4-7,10H2,1-3H3. The minimum Gasteiger partial charge on any atom is -0.492 e. The number of hydrogen-bond donors (Lipinski definition) is 1. The first-order chi connectivity index (χ1) is 8.27. The van der Waals surface area contributed by atoms with Crippen molar-refractivity contribution in [3.63, 3.8) is 0 Å². The van der Waals surface area contributed by atoms with Crippen molar-refractivity contribution in [1.82, 2.24) is 10.3 Å². The van der Waals surface area contributed by atoms with Gasteiger partial charge >= 0.3 is 0 Å². The second kappa shape index (κ2) is 8.07. The van der Waals surface area contributed by atoms with Crippen LogP contribution < -0.4 is 10.1 Å². The minimum absolute atomic E-state index is 0.286. The van der Waals surface area contributed by atoms with Gasteiger partial charge in [0.1, 0.15) is 5.75 Å². The first-order valence-electron chi connectivity index (χ1n) is 6.54. The number of pyridine rings is 1. The van der Waals surface area contributed by atoms with Gasteiger partial charge in [-0.25, -0.2) is 0 Å². The van der Waals surface area contributed by atoms with E-state index in [0.717, 1.165) is 24.5 Å². The molecule has 0 fully saturated rings. The first kappa shape index (κ1) is 14.0. The zero-order valence-electron chi connectivity index (χ0n) is 11.2. The lowest BCUT2D eigenvalue weighted by molar-refractivity contribution is 0.303. The maximum atomic E-state index is 5.64. The second-order valence-electron chi connectivity index (χ2n) is 4.34. The van der Waals surface area contributed by atoms with Crippen LogP contribution in [0.15, 0.2) is 18.3 Å². The molecule has 0 saturated heterocycles. The summed E-state index contributed by atoms with van der Waals surface area (Å²) in [6, 6.07) is 4.30. The highest BCUT2D eigenvalue weighted by atomic mass is 16.5. The lowest BCUT2D eigenvalue weighted by Gasteiger charge is -2.10. The largest absolute Gasteiger partial charge is 0.492 e. The number of ether oxygens (including phenoxy) is 1. The quantitative estimate of drug-likeness (QED) is 0.703. The number of hydrogen-bond acceptors (Lipinski definition) is 3. The van der Waals surface area contributed by atoms with Gasteiger partial charge in [-0.3, -0.25) is 4.98 Å². The van der Waals surface area contributed by atoms with E-state index in [0.29, 0.717) is 0 Å². The molecule has 0 aromatic carbocycles. The summed E-state index contributed by atoms with van der Waals surface area (Å²) in [7, 11) is 1.94. The van der Waals surface area contributed by atoms with Crippen molar-refractivity contribution in [2.75, 3.05) is 13.7 Å². The number of nitrogens with one attached hydrogen (secondary N) is 1. The fourth-order valence-corrected chi connectivity index (χ4v) is 1.60. The van der Waals surface area contributed by atoms with Crippen LogP contribution in [0.4, 0.5) is 0 Å². The van der Waals surface area contributed by atoms with E-state index < -0.39 is 0 Å². The zero-order chi connectivity index (χ0) is 12.5. The Labute approximate surface area is 105 Å². The summed E-state index contributed by atoms with van der Waals surface area (Å²) in [5, 5.41) is 3.16. The van der Waals surface area contributed by atoms with Crippen LogP contribution in [0.25, 0.3) is 0 Å². The monoisotopic (exact) mass is 236 g/mol. The molecular weight excluding hydrogens is 212 g/mol. The van der Waals surface area contributed by atoms with Gasteiger partial charge in [0, 0.05) is 6.04 Å². The van der Waals surface area contributed by atoms with Crippen LogP contribution in [0.1, 0.15) is 51.3 Å². The Morgan fingerprint density at radius 2 is 2.12 bits per heavy atom. The number of nitrogens with zero attached hydrogens (tertiary/aromatic N) is 1. The van der Waals surface area contributed by atoms with Gasteiger partial charge < -0.3 is 10.1 Å². The zero-order valence-corrected chi connectivity index (χ0v) is 11.2. The summed E-state index contributed by atoms with van der Waals surface area (Å²) < 4.78 is 5.64. The van der Waals surface area contributed by atoms with E-state index in [2.05, 4.69) is 24.1 Å². The molecule has 1 unspecified atom stereocenters. The lowest BCUT2D eigenvalue weighted by atomic mass is 10.2. The summed E-state index contributed by atoms with van der Waals surface area (Å²) in [4.78, 5) is 4.38. The van der Waals surface area contributed by atoms with Gasteiger partial charge in [0.25, 0.3) is 0 Å². The molecule has 0 bridgehead atoms. The van der Waals surface area contributed by atoms with Gasteiger partial charge in [0.05, 0.1) is 18.5 Å². The Hall–Kier alpha value is -1.09. The molecule has 0 spiro atoms. The van der Waals surface area contributed by atoms with Crippen molar-refractivity contribution in [2.45, 2.75) is 45.6 Å². The molecule has 3 heteroatoms. The second-order valence-corrected chi connectivity index (χ2v) is 4.34. The summed E-state index contributed by atoms with van der Waals surface area (Å²) >= 11 is 0.